The molecule has 1 saturated heterocycles. The number of ether oxygens (including phenoxy) is 2. The lowest BCUT2D eigenvalue weighted by molar-refractivity contribution is -0.0229. The third-order valence-electron chi connectivity index (χ3n) is 4.54. The lowest BCUT2D eigenvalue weighted by Crippen LogP contribution is -2.39. The Bertz CT molecular complexity index is 1180. The monoisotopic (exact) mass is 419 g/mol. The summed E-state index contributed by atoms with van der Waals surface area (Å²) in [7, 11) is -2.85. The van der Waals surface area contributed by atoms with Gasteiger partial charge in [-0.3, -0.25) is 4.57 Å². The molecular weight excluding hydrogens is 402 g/mol. The molecule has 4 N–H and O–H groups in total. The van der Waals surface area contributed by atoms with E-state index >= 15 is 0 Å². The molecule has 3 aromatic rings. The Balaban J connectivity index is 1.67. The maximum Gasteiger partial charge on any atom is 0.256 e. The number of aromatic nitrogens is 4. The van der Waals surface area contributed by atoms with Gasteiger partial charge in [0.05, 0.1) is 6.33 Å². The second kappa shape index (κ2) is 7.40. The van der Waals surface area contributed by atoms with Crippen molar-refractivity contribution >= 4 is 32.3 Å². The van der Waals surface area contributed by atoms with Crippen molar-refractivity contribution in [3.05, 3.63) is 42.5 Å². The molecule has 0 amide bonds. The van der Waals surface area contributed by atoms with Gasteiger partial charge >= 0.3 is 0 Å². The number of benzene rings is 1. The summed E-state index contributed by atoms with van der Waals surface area (Å²) in [5, 5.41) is 20.4. The first-order valence-corrected chi connectivity index (χ1v) is 9.59. The molecule has 0 unspecified atom stereocenters. The van der Waals surface area contributed by atoms with E-state index in [1.807, 2.05) is 6.92 Å². The number of aliphatic hydroxyl groups excluding tert-OH is 2. The van der Waals surface area contributed by atoms with Crippen molar-refractivity contribution in [1.29, 1.82) is 0 Å². The van der Waals surface area contributed by atoms with Gasteiger partial charge in [-0.1, -0.05) is 17.7 Å². The zero-order valence-corrected chi connectivity index (χ0v) is 15.9. The molecule has 1 aliphatic rings. The molecule has 1 fully saturated rings. The lowest BCUT2D eigenvalue weighted by atomic mass is 10.1. The summed E-state index contributed by atoms with van der Waals surface area (Å²) >= 11 is 0. The molecule has 0 radical (unpaired) electrons. The molecule has 152 valence electrons. The SMILES string of the molecule is Cc1ccc(OC([C@H]2O[C@@H](n3cnc4c(N)ncnc43)[C@H](O)[C@@H]2O)=S(=O)=O)cc1. The van der Waals surface area contributed by atoms with Gasteiger partial charge in [0, 0.05) is 0 Å². The van der Waals surface area contributed by atoms with Crippen molar-refractivity contribution < 1.29 is 28.1 Å². The van der Waals surface area contributed by atoms with Crippen molar-refractivity contribution in [1.82, 2.24) is 19.5 Å². The molecule has 0 saturated carbocycles. The van der Waals surface area contributed by atoms with Gasteiger partial charge < -0.3 is 25.4 Å². The maximum absolute atomic E-state index is 11.8. The number of nitrogens with two attached hydrogens (primary N) is 1. The summed E-state index contributed by atoms with van der Waals surface area (Å²) in [6.45, 7) is 1.87. The number of fused-ring (bicyclic) bond motifs is 1. The van der Waals surface area contributed by atoms with Gasteiger partial charge in [0.25, 0.3) is 15.3 Å². The van der Waals surface area contributed by atoms with Crippen molar-refractivity contribution in [3.63, 3.8) is 0 Å². The molecule has 1 aliphatic heterocycles. The van der Waals surface area contributed by atoms with E-state index in [0.29, 0.717) is 0 Å². The Morgan fingerprint density at radius 3 is 2.59 bits per heavy atom. The summed E-state index contributed by atoms with van der Waals surface area (Å²) in [4.78, 5) is 12.0. The second-order valence-electron chi connectivity index (χ2n) is 6.48. The normalized spacial score (nSPS) is 24.0. The van der Waals surface area contributed by atoms with Crippen LogP contribution < -0.4 is 10.5 Å². The van der Waals surface area contributed by atoms with Crippen LogP contribution in [-0.4, -0.2) is 61.5 Å². The smallest absolute Gasteiger partial charge is 0.256 e. The minimum absolute atomic E-state index is 0.133. The topological polar surface area (TPSA) is 163 Å². The molecule has 3 heterocycles. The van der Waals surface area contributed by atoms with Gasteiger partial charge in [-0.2, -0.15) is 8.42 Å². The van der Waals surface area contributed by atoms with E-state index in [2.05, 4.69) is 15.0 Å². The van der Waals surface area contributed by atoms with Crippen LogP contribution in [0.5, 0.6) is 5.75 Å². The van der Waals surface area contributed by atoms with Crippen LogP contribution in [0.3, 0.4) is 0 Å². The number of rotatable bonds is 3. The fourth-order valence-corrected chi connectivity index (χ4v) is 3.60. The van der Waals surface area contributed by atoms with Crippen LogP contribution in [0.4, 0.5) is 5.82 Å². The number of hydrogen-bond acceptors (Lipinski definition) is 10. The molecule has 4 atom stereocenters. The fourth-order valence-electron chi connectivity index (χ4n) is 3.05. The van der Waals surface area contributed by atoms with Crippen molar-refractivity contribution in [2.45, 2.75) is 31.5 Å². The standard InChI is InChI=1S/C17H17N5O6S/c1-8-2-4-9(5-3-8)27-17(29(25)26)13-11(23)12(24)16(28-13)22-7-21-10-14(18)19-6-20-15(10)22/h2-7,11-13,16,23-24H,1H3,(H2,18,19,20)/t11-,12+,13-,16+/m0/s1. The minimum Gasteiger partial charge on any atom is -0.443 e. The lowest BCUT2D eigenvalue weighted by Gasteiger charge is -2.16. The average molecular weight is 419 g/mol. The van der Waals surface area contributed by atoms with Gasteiger partial charge in [0.2, 0.25) is 0 Å². The van der Waals surface area contributed by atoms with Gasteiger partial charge in [-0.25, -0.2) is 15.0 Å². The summed E-state index contributed by atoms with van der Waals surface area (Å²) in [6.07, 6.45) is -3.13. The average Bonchev–Trinajstić information content (AvgIpc) is 3.24. The number of nitrogen functional groups attached to an aromatic ring is 1. The highest BCUT2D eigenvalue weighted by Gasteiger charge is 2.48. The van der Waals surface area contributed by atoms with Crippen molar-refractivity contribution in [3.8, 4) is 5.75 Å². The number of imidazole rings is 1. The second-order valence-corrected chi connectivity index (χ2v) is 7.35. The number of aryl methyl sites for hydroxylation is 1. The van der Waals surface area contributed by atoms with Crippen LogP contribution in [-0.2, 0) is 15.0 Å². The van der Waals surface area contributed by atoms with E-state index in [4.69, 9.17) is 15.2 Å². The fraction of sp³-hybridized carbons (Fsp3) is 0.294. The van der Waals surface area contributed by atoms with Gasteiger partial charge in [0.15, 0.2) is 23.8 Å². The first-order chi connectivity index (χ1) is 13.9. The molecular formula is C17H17N5O6S. The predicted molar refractivity (Wildman–Crippen MR) is 101 cm³/mol. The molecule has 0 spiro atoms. The Labute approximate surface area is 165 Å². The third-order valence-corrected chi connectivity index (χ3v) is 5.18. The minimum atomic E-state index is -2.85. The van der Waals surface area contributed by atoms with Crippen LogP contribution in [0.25, 0.3) is 11.2 Å². The predicted octanol–water partition coefficient (Wildman–Crippen LogP) is -0.576. The van der Waals surface area contributed by atoms with Gasteiger partial charge in [-0.15, -0.1) is 0 Å². The summed E-state index contributed by atoms with van der Waals surface area (Å²) in [6, 6.07) is 6.65. The van der Waals surface area contributed by atoms with Crippen molar-refractivity contribution in [2.75, 3.05) is 5.73 Å². The Morgan fingerprint density at radius 1 is 1.17 bits per heavy atom. The summed E-state index contributed by atoms with van der Waals surface area (Å²) < 4.78 is 36.0. The van der Waals surface area contributed by atoms with Crippen LogP contribution >= 0.6 is 0 Å². The van der Waals surface area contributed by atoms with E-state index in [0.717, 1.165) is 5.56 Å². The highest BCUT2D eigenvalue weighted by atomic mass is 32.2. The number of aliphatic hydroxyl groups is 2. The molecule has 29 heavy (non-hydrogen) atoms. The largest absolute Gasteiger partial charge is 0.443 e. The van der Waals surface area contributed by atoms with Gasteiger partial charge in [-0.05, 0) is 19.1 Å². The Morgan fingerprint density at radius 2 is 1.90 bits per heavy atom. The first-order valence-electron chi connectivity index (χ1n) is 8.52. The third kappa shape index (κ3) is 3.42. The highest BCUT2D eigenvalue weighted by molar-refractivity contribution is 7.72. The number of nitrogens with zero attached hydrogens (tertiary/aromatic N) is 4. The Hall–Kier alpha value is -3.06. The van der Waals surface area contributed by atoms with E-state index < -0.39 is 39.9 Å². The molecule has 0 aliphatic carbocycles. The molecule has 1 aromatic carbocycles. The highest BCUT2D eigenvalue weighted by Crippen LogP contribution is 2.33. The molecule has 2 aromatic heterocycles. The zero-order chi connectivity index (χ0) is 20.7. The van der Waals surface area contributed by atoms with Crippen LogP contribution in [0.2, 0.25) is 0 Å². The molecule has 4 rings (SSSR count). The molecule has 11 nitrogen and oxygen atoms in total. The van der Waals surface area contributed by atoms with Crippen LogP contribution in [0.1, 0.15) is 11.8 Å². The zero-order valence-electron chi connectivity index (χ0n) is 15.1. The van der Waals surface area contributed by atoms with Gasteiger partial charge in [0.1, 0.15) is 29.8 Å². The first kappa shape index (κ1) is 19.3. The molecule has 0 bridgehead atoms. The van der Waals surface area contributed by atoms with Crippen LogP contribution in [0.15, 0.2) is 36.9 Å². The quantitative estimate of drug-likeness (QED) is 0.468. The van der Waals surface area contributed by atoms with Crippen molar-refractivity contribution in [2.24, 2.45) is 0 Å². The number of hydrogen-bond donors (Lipinski definition) is 3. The van der Waals surface area contributed by atoms with E-state index in [1.54, 1.807) is 24.3 Å². The van der Waals surface area contributed by atoms with E-state index in [-0.39, 0.29) is 22.7 Å². The molecule has 12 heteroatoms. The summed E-state index contributed by atoms with van der Waals surface area (Å²) in [5.74, 6) is 0.381. The van der Waals surface area contributed by atoms with E-state index in [9.17, 15) is 18.6 Å². The van der Waals surface area contributed by atoms with E-state index in [1.165, 1.54) is 17.2 Å². The number of anilines is 1. The Kier molecular flexibility index (Phi) is 4.92. The maximum atomic E-state index is 11.8. The summed E-state index contributed by atoms with van der Waals surface area (Å²) in [5.41, 5.74) is 7.27. The van der Waals surface area contributed by atoms with Crippen LogP contribution in [0, 0.1) is 6.92 Å².